The number of thiocarbonyl (C=S) groups is 1. The summed E-state index contributed by atoms with van der Waals surface area (Å²) in [5, 5.41) is 3.03. The first kappa shape index (κ1) is 18.4. The van der Waals surface area contributed by atoms with Crippen molar-refractivity contribution in [2.24, 2.45) is 11.1 Å². The Hall–Kier alpha value is -0.680. The highest BCUT2D eigenvalue weighted by molar-refractivity contribution is 7.80. The van der Waals surface area contributed by atoms with Crippen LogP contribution in [0.15, 0.2) is 0 Å². The third kappa shape index (κ3) is 4.65. The van der Waals surface area contributed by atoms with Crippen LogP contribution in [0.25, 0.3) is 0 Å². The molecule has 0 aromatic rings. The number of rotatable bonds is 8. The molecule has 0 aromatic carbocycles. The van der Waals surface area contributed by atoms with Crippen LogP contribution in [-0.2, 0) is 4.79 Å². The van der Waals surface area contributed by atoms with E-state index < -0.39 is 5.41 Å². The van der Waals surface area contributed by atoms with E-state index in [2.05, 4.69) is 17.1 Å². The summed E-state index contributed by atoms with van der Waals surface area (Å²) in [6.45, 7) is 9.18. The third-order valence-electron chi connectivity index (χ3n) is 4.96. The van der Waals surface area contributed by atoms with Crippen molar-refractivity contribution in [2.75, 3.05) is 19.6 Å². The lowest BCUT2D eigenvalue weighted by atomic mass is 9.81. The second-order valence-corrected chi connectivity index (χ2v) is 6.58. The fraction of sp³-hybridized carbons (Fsp3) is 0.875. The van der Waals surface area contributed by atoms with Gasteiger partial charge < -0.3 is 16.0 Å². The third-order valence-corrected chi connectivity index (χ3v) is 5.35. The first-order valence-electron chi connectivity index (χ1n) is 8.30. The number of nitrogens with two attached hydrogens (primary N) is 1. The van der Waals surface area contributed by atoms with E-state index in [0.29, 0.717) is 30.4 Å². The van der Waals surface area contributed by atoms with Gasteiger partial charge in [-0.25, -0.2) is 0 Å². The van der Waals surface area contributed by atoms with Crippen molar-refractivity contribution in [1.29, 1.82) is 0 Å². The maximum Gasteiger partial charge on any atom is 0.233 e. The standard InChI is InChI=1S/C16H31N3OS/c1-4-16(5-2,14(17)21)15(20)18-10-8-12-19-11-7-6-9-13(19)3/h13H,4-12H2,1-3H3,(H2,17,21)(H,18,20). The predicted octanol–water partition coefficient (Wildman–Crippen LogP) is 2.46. The number of amides is 1. The largest absolute Gasteiger partial charge is 0.392 e. The summed E-state index contributed by atoms with van der Waals surface area (Å²) in [5.74, 6) is -0.00769. The fourth-order valence-corrected chi connectivity index (χ4v) is 3.56. The monoisotopic (exact) mass is 313 g/mol. The predicted molar refractivity (Wildman–Crippen MR) is 92.3 cm³/mol. The summed E-state index contributed by atoms with van der Waals surface area (Å²) < 4.78 is 0. The molecule has 1 amide bonds. The maximum atomic E-state index is 12.4. The van der Waals surface area contributed by atoms with Gasteiger partial charge >= 0.3 is 0 Å². The Morgan fingerprint density at radius 1 is 1.38 bits per heavy atom. The molecule has 0 aliphatic carbocycles. The van der Waals surface area contributed by atoms with E-state index in [0.717, 1.165) is 13.0 Å². The van der Waals surface area contributed by atoms with Gasteiger partial charge in [0, 0.05) is 19.1 Å². The molecular formula is C16H31N3OS. The summed E-state index contributed by atoms with van der Waals surface area (Å²) in [7, 11) is 0. The Kier molecular flexibility index (Phi) is 7.60. The minimum Gasteiger partial charge on any atom is -0.392 e. The normalized spacial score (nSPS) is 20.2. The number of hydrogen-bond acceptors (Lipinski definition) is 3. The van der Waals surface area contributed by atoms with Crippen LogP contribution in [0, 0.1) is 5.41 Å². The molecule has 5 heteroatoms. The van der Waals surface area contributed by atoms with Gasteiger partial charge in [0.05, 0.1) is 10.4 Å². The number of nitrogens with one attached hydrogen (secondary N) is 1. The van der Waals surface area contributed by atoms with Gasteiger partial charge in [0.2, 0.25) is 5.91 Å². The molecule has 122 valence electrons. The molecule has 0 spiro atoms. The Morgan fingerprint density at radius 3 is 2.57 bits per heavy atom. The van der Waals surface area contributed by atoms with Crippen molar-refractivity contribution >= 4 is 23.1 Å². The molecule has 0 saturated carbocycles. The van der Waals surface area contributed by atoms with Crippen LogP contribution in [0.4, 0.5) is 0 Å². The van der Waals surface area contributed by atoms with E-state index in [1.54, 1.807) is 0 Å². The smallest absolute Gasteiger partial charge is 0.233 e. The van der Waals surface area contributed by atoms with Crippen LogP contribution >= 0.6 is 12.2 Å². The highest BCUT2D eigenvalue weighted by Gasteiger charge is 2.37. The molecule has 4 nitrogen and oxygen atoms in total. The van der Waals surface area contributed by atoms with E-state index >= 15 is 0 Å². The summed E-state index contributed by atoms with van der Waals surface area (Å²) in [6, 6.07) is 0.677. The quantitative estimate of drug-likeness (QED) is 0.534. The average Bonchev–Trinajstić information content (AvgIpc) is 2.47. The molecule has 1 atom stereocenters. The van der Waals surface area contributed by atoms with Gasteiger partial charge in [-0.2, -0.15) is 0 Å². The van der Waals surface area contributed by atoms with Gasteiger partial charge in [0.1, 0.15) is 0 Å². The number of carbonyl (C=O) groups is 1. The van der Waals surface area contributed by atoms with Gasteiger partial charge in [0.15, 0.2) is 0 Å². The molecule has 21 heavy (non-hydrogen) atoms. The molecule has 1 aliphatic heterocycles. The van der Waals surface area contributed by atoms with Crippen molar-refractivity contribution < 1.29 is 4.79 Å². The lowest BCUT2D eigenvalue weighted by Gasteiger charge is -2.33. The van der Waals surface area contributed by atoms with Crippen LogP contribution in [-0.4, -0.2) is 41.5 Å². The van der Waals surface area contributed by atoms with E-state index in [4.69, 9.17) is 18.0 Å². The van der Waals surface area contributed by atoms with E-state index in [-0.39, 0.29) is 5.91 Å². The molecule has 1 rings (SSSR count). The topological polar surface area (TPSA) is 58.4 Å². The minimum absolute atomic E-state index is 0.00769. The first-order valence-corrected chi connectivity index (χ1v) is 8.71. The SMILES string of the molecule is CCC(CC)(C(=O)NCCCN1CCCCC1C)C(N)=S. The van der Waals surface area contributed by atoms with Gasteiger partial charge in [-0.05, 0) is 45.6 Å². The van der Waals surface area contributed by atoms with Crippen LogP contribution in [0.2, 0.25) is 0 Å². The van der Waals surface area contributed by atoms with E-state index in [9.17, 15) is 4.79 Å². The van der Waals surface area contributed by atoms with Crippen LogP contribution in [0.5, 0.6) is 0 Å². The van der Waals surface area contributed by atoms with Gasteiger partial charge in [-0.3, -0.25) is 4.79 Å². The zero-order valence-electron chi connectivity index (χ0n) is 13.8. The summed E-state index contributed by atoms with van der Waals surface area (Å²) in [6.07, 6.45) is 6.24. The highest BCUT2D eigenvalue weighted by atomic mass is 32.1. The summed E-state index contributed by atoms with van der Waals surface area (Å²) >= 11 is 5.11. The van der Waals surface area contributed by atoms with Crippen LogP contribution in [0.1, 0.15) is 59.3 Å². The van der Waals surface area contributed by atoms with Crippen LogP contribution < -0.4 is 11.1 Å². The zero-order chi connectivity index (χ0) is 15.9. The minimum atomic E-state index is -0.673. The molecular weight excluding hydrogens is 282 g/mol. The maximum absolute atomic E-state index is 12.4. The molecule has 0 radical (unpaired) electrons. The summed E-state index contributed by atoms with van der Waals surface area (Å²) in [4.78, 5) is 15.2. The van der Waals surface area contributed by atoms with Gasteiger partial charge in [0.25, 0.3) is 0 Å². The highest BCUT2D eigenvalue weighted by Crippen LogP contribution is 2.27. The van der Waals surface area contributed by atoms with Crippen LogP contribution in [0.3, 0.4) is 0 Å². The molecule has 1 unspecified atom stereocenters. The lowest BCUT2D eigenvalue weighted by Crippen LogP contribution is -2.49. The van der Waals surface area contributed by atoms with E-state index in [1.807, 2.05) is 13.8 Å². The van der Waals surface area contributed by atoms with Crippen molar-refractivity contribution in [3.8, 4) is 0 Å². The van der Waals surface area contributed by atoms with Crippen molar-refractivity contribution in [2.45, 2.75) is 65.3 Å². The van der Waals surface area contributed by atoms with Crippen molar-refractivity contribution in [3.05, 3.63) is 0 Å². The second-order valence-electron chi connectivity index (χ2n) is 6.14. The Labute approximate surface area is 134 Å². The van der Waals surface area contributed by atoms with Crippen molar-refractivity contribution in [1.82, 2.24) is 10.2 Å². The number of piperidine rings is 1. The first-order chi connectivity index (χ1) is 9.97. The number of likely N-dealkylation sites (tertiary alicyclic amines) is 1. The number of hydrogen-bond donors (Lipinski definition) is 2. The Bertz CT molecular complexity index is 355. The van der Waals surface area contributed by atoms with Gasteiger partial charge in [-0.1, -0.05) is 32.5 Å². The number of carbonyl (C=O) groups excluding carboxylic acids is 1. The fourth-order valence-electron chi connectivity index (χ4n) is 3.17. The average molecular weight is 314 g/mol. The molecule has 1 fully saturated rings. The Morgan fingerprint density at radius 2 is 2.05 bits per heavy atom. The molecule has 0 bridgehead atoms. The molecule has 1 heterocycles. The lowest BCUT2D eigenvalue weighted by molar-refractivity contribution is -0.127. The molecule has 0 aromatic heterocycles. The molecule has 1 aliphatic rings. The molecule has 1 saturated heterocycles. The zero-order valence-corrected chi connectivity index (χ0v) is 14.6. The number of nitrogens with zero attached hydrogens (tertiary/aromatic N) is 1. The Balaban J connectivity index is 2.37. The molecule has 3 N–H and O–H groups in total. The van der Waals surface area contributed by atoms with Gasteiger partial charge in [-0.15, -0.1) is 0 Å². The van der Waals surface area contributed by atoms with Crippen molar-refractivity contribution in [3.63, 3.8) is 0 Å². The second kappa shape index (κ2) is 8.69. The summed E-state index contributed by atoms with van der Waals surface area (Å²) in [5.41, 5.74) is 5.12. The van der Waals surface area contributed by atoms with E-state index in [1.165, 1.54) is 25.8 Å².